The maximum atomic E-state index is 11.6. The third-order valence-corrected chi connectivity index (χ3v) is 2.76. The molecule has 14 heavy (non-hydrogen) atoms. The Kier molecular flexibility index (Phi) is 5.80. The quantitative estimate of drug-likeness (QED) is 0.634. The summed E-state index contributed by atoms with van der Waals surface area (Å²) in [5, 5.41) is 8.46. The van der Waals surface area contributed by atoms with Gasteiger partial charge in [0.2, 0.25) is 0 Å². The Labute approximate surface area is 85.5 Å². The van der Waals surface area contributed by atoms with Crippen LogP contribution in [0.25, 0.3) is 0 Å². The van der Waals surface area contributed by atoms with E-state index in [0.717, 1.165) is 19.3 Å². The molecule has 3 heteroatoms. The van der Waals surface area contributed by atoms with E-state index in [1.54, 1.807) is 0 Å². The number of aliphatic hydroxyl groups excluding tert-OH is 1. The lowest BCUT2D eigenvalue weighted by atomic mass is 9.99. The van der Waals surface area contributed by atoms with Crippen LogP contribution in [0.3, 0.4) is 0 Å². The molecule has 1 aliphatic carbocycles. The largest absolute Gasteiger partial charge is 0.394 e. The number of hydrogen-bond donors (Lipinski definition) is 1. The number of aliphatic hydroxyl groups is 1. The molecule has 0 aromatic heterocycles. The zero-order valence-electron chi connectivity index (χ0n) is 8.71. The first kappa shape index (κ1) is 11.7. The highest BCUT2D eigenvalue weighted by molar-refractivity contribution is 5.81. The number of ether oxygens (including phenoxy) is 1. The summed E-state index contributed by atoms with van der Waals surface area (Å²) in [5.74, 6) is 0.753. The Bertz CT molecular complexity index is 162. The minimum atomic E-state index is 0.0660. The van der Waals surface area contributed by atoms with Crippen molar-refractivity contribution >= 4 is 5.78 Å². The first-order chi connectivity index (χ1) is 6.84. The second-order valence-corrected chi connectivity index (χ2v) is 3.89. The molecule has 1 N–H and O–H groups in total. The van der Waals surface area contributed by atoms with Crippen molar-refractivity contribution in [1.82, 2.24) is 0 Å². The molecule has 0 aliphatic heterocycles. The van der Waals surface area contributed by atoms with Crippen LogP contribution >= 0.6 is 0 Å². The molecule has 1 saturated carbocycles. The van der Waals surface area contributed by atoms with E-state index in [9.17, 15) is 4.79 Å². The predicted octanol–water partition coefficient (Wildman–Crippen LogP) is 1.53. The fourth-order valence-corrected chi connectivity index (χ4v) is 1.97. The Morgan fingerprint density at radius 2 is 2.00 bits per heavy atom. The van der Waals surface area contributed by atoms with E-state index in [0.29, 0.717) is 31.3 Å². The van der Waals surface area contributed by atoms with Crippen LogP contribution in [0, 0.1) is 5.92 Å². The molecule has 0 heterocycles. The zero-order chi connectivity index (χ0) is 10.2. The van der Waals surface area contributed by atoms with Gasteiger partial charge in [0.05, 0.1) is 13.2 Å². The van der Waals surface area contributed by atoms with Crippen molar-refractivity contribution in [2.45, 2.75) is 38.5 Å². The molecule has 0 bridgehead atoms. The number of Topliss-reactive ketones (excluding diaryl/α,β-unsaturated/α-hetero) is 1. The molecule has 0 amide bonds. The summed E-state index contributed by atoms with van der Waals surface area (Å²) in [5.41, 5.74) is 0. The van der Waals surface area contributed by atoms with Crippen molar-refractivity contribution in [2.75, 3.05) is 19.8 Å². The van der Waals surface area contributed by atoms with Crippen molar-refractivity contribution in [3.63, 3.8) is 0 Å². The fourth-order valence-electron chi connectivity index (χ4n) is 1.97. The lowest BCUT2D eigenvalue weighted by molar-refractivity contribution is -0.123. The number of carbonyl (C=O) groups excluding carboxylic acids is 1. The minimum Gasteiger partial charge on any atom is -0.394 e. The molecule has 0 aromatic rings. The van der Waals surface area contributed by atoms with Gasteiger partial charge in [-0.1, -0.05) is 12.8 Å². The molecule has 3 nitrogen and oxygen atoms in total. The number of rotatable bonds is 7. The molecule has 0 aromatic carbocycles. The van der Waals surface area contributed by atoms with Crippen LogP contribution < -0.4 is 0 Å². The summed E-state index contributed by atoms with van der Waals surface area (Å²) >= 11 is 0. The second kappa shape index (κ2) is 6.96. The van der Waals surface area contributed by atoms with E-state index < -0.39 is 0 Å². The van der Waals surface area contributed by atoms with Gasteiger partial charge in [-0.2, -0.15) is 0 Å². The van der Waals surface area contributed by atoms with Gasteiger partial charge in [-0.25, -0.2) is 0 Å². The Hall–Kier alpha value is -0.410. The number of ketones is 1. The van der Waals surface area contributed by atoms with E-state index >= 15 is 0 Å². The monoisotopic (exact) mass is 200 g/mol. The summed E-state index contributed by atoms with van der Waals surface area (Å²) in [6.45, 7) is 1.05. The van der Waals surface area contributed by atoms with Crippen molar-refractivity contribution in [3.05, 3.63) is 0 Å². The molecule has 82 valence electrons. The van der Waals surface area contributed by atoms with Gasteiger partial charge in [-0.05, 0) is 19.3 Å². The highest BCUT2D eigenvalue weighted by atomic mass is 16.5. The van der Waals surface area contributed by atoms with Crippen molar-refractivity contribution < 1.29 is 14.6 Å². The molecule has 0 spiro atoms. The standard InChI is InChI=1S/C11H20O3/c12-7-9-14-8-3-6-11(13)10-4-1-2-5-10/h10,12H,1-9H2. The van der Waals surface area contributed by atoms with E-state index in [2.05, 4.69) is 0 Å². The summed E-state index contributed by atoms with van der Waals surface area (Å²) < 4.78 is 5.09. The topological polar surface area (TPSA) is 46.5 Å². The van der Waals surface area contributed by atoms with Gasteiger partial charge in [-0.3, -0.25) is 4.79 Å². The Morgan fingerprint density at radius 1 is 1.29 bits per heavy atom. The van der Waals surface area contributed by atoms with Gasteiger partial charge in [0.1, 0.15) is 5.78 Å². The average Bonchev–Trinajstić information content (AvgIpc) is 2.70. The highest BCUT2D eigenvalue weighted by Gasteiger charge is 2.21. The molecular formula is C11H20O3. The lowest BCUT2D eigenvalue weighted by Crippen LogP contribution is -2.11. The van der Waals surface area contributed by atoms with Gasteiger partial charge in [-0.15, -0.1) is 0 Å². The van der Waals surface area contributed by atoms with Gasteiger partial charge >= 0.3 is 0 Å². The zero-order valence-corrected chi connectivity index (χ0v) is 8.71. The van der Waals surface area contributed by atoms with Crippen LogP contribution in [-0.2, 0) is 9.53 Å². The molecule has 1 fully saturated rings. The Balaban J connectivity index is 1.97. The van der Waals surface area contributed by atoms with Crippen LogP contribution in [0.2, 0.25) is 0 Å². The number of carbonyl (C=O) groups is 1. The van der Waals surface area contributed by atoms with Gasteiger partial charge in [0.15, 0.2) is 0 Å². The van der Waals surface area contributed by atoms with Gasteiger partial charge < -0.3 is 9.84 Å². The van der Waals surface area contributed by atoms with E-state index in [1.165, 1.54) is 12.8 Å². The molecule has 0 saturated heterocycles. The summed E-state index contributed by atoms with van der Waals surface area (Å²) in [6, 6.07) is 0. The van der Waals surface area contributed by atoms with E-state index in [4.69, 9.17) is 9.84 Å². The molecule has 1 aliphatic rings. The SMILES string of the molecule is O=C(CCCOCCO)C1CCCC1. The molecule has 0 unspecified atom stereocenters. The Morgan fingerprint density at radius 3 is 2.64 bits per heavy atom. The maximum Gasteiger partial charge on any atom is 0.136 e. The number of hydrogen-bond acceptors (Lipinski definition) is 3. The second-order valence-electron chi connectivity index (χ2n) is 3.89. The molecule has 1 rings (SSSR count). The fraction of sp³-hybridized carbons (Fsp3) is 0.909. The highest BCUT2D eigenvalue weighted by Crippen LogP contribution is 2.26. The van der Waals surface area contributed by atoms with Crippen molar-refractivity contribution in [3.8, 4) is 0 Å². The van der Waals surface area contributed by atoms with Crippen LogP contribution in [0.5, 0.6) is 0 Å². The minimum absolute atomic E-state index is 0.0660. The summed E-state index contributed by atoms with van der Waals surface area (Å²) in [6.07, 6.45) is 6.08. The third kappa shape index (κ3) is 4.20. The molecular weight excluding hydrogens is 180 g/mol. The lowest BCUT2D eigenvalue weighted by Gasteiger charge is -2.07. The normalized spacial score (nSPS) is 17.5. The molecule has 0 radical (unpaired) electrons. The predicted molar refractivity (Wildman–Crippen MR) is 54.1 cm³/mol. The van der Waals surface area contributed by atoms with E-state index in [1.807, 2.05) is 0 Å². The first-order valence-electron chi connectivity index (χ1n) is 5.56. The first-order valence-corrected chi connectivity index (χ1v) is 5.56. The smallest absolute Gasteiger partial charge is 0.136 e. The third-order valence-electron chi connectivity index (χ3n) is 2.76. The van der Waals surface area contributed by atoms with Gasteiger partial charge in [0.25, 0.3) is 0 Å². The van der Waals surface area contributed by atoms with E-state index in [-0.39, 0.29) is 6.61 Å². The molecule has 0 atom stereocenters. The van der Waals surface area contributed by atoms with Crippen LogP contribution in [0.15, 0.2) is 0 Å². The van der Waals surface area contributed by atoms with Crippen LogP contribution in [0.1, 0.15) is 38.5 Å². The van der Waals surface area contributed by atoms with Crippen LogP contribution in [0.4, 0.5) is 0 Å². The maximum absolute atomic E-state index is 11.6. The summed E-state index contributed by atoms with van der Waals surface area (Å²) in [4.78, 5) is 11.6. The van der Waals surface area contributed by atoms with Crippen molar-refractivity contribution in [2.24, 2.45) is 5.92 Å². The summed E-state index contributed by atoms with van der Waals surface area (Å²) in [7, 11) is 0. The van der Waals surface area contributed by atoms with Crippen molar-refractivity contribution in [1.29, 1.82) is 0 Å². The van der Waals surface area contributed by atoms with Crippen LogP contribution in [-0.4, -0.2) is 30.7 Å². The van der Waals surface area contributed by atoms with Gasteiger partial charge in [0, 0.05) is 18.9 Å². The average molecular weight is 200 g/mol.